The summed E-state index contributed by atoms with van der Waals surface area (Å²) < 4.78 is 0. The zero-order chi connectivity index (χ0) is 20.5. The quantitative estimate of drug-likeness (QED) is 0.520. The maximum Gasteiger partial charge on any atom is 0.272 e. The second-order valence-corrected chi connectivity index (χ2v) is 7.62. The second-order valence-electron chi connectivity index (χ2n) is 7.19. The van der Waals surface area contributed by atoms with Crippen LogP contribution in [0.2, 0.25) is 5.02 Å². The number of hydrogen-bond donors (Lipinski definition) is 1. The molecule has 2 heterocycles. The number of nitrogens with zero attached hydrogens (tertiary/aromatic N) is 3. The molecule has 0 atom stereocenters. The minimum atomic E-state index is -0.364. The summed E-state index contributed by atoms with van der Waals surface area (Å²) in [5.74, 6) is 0.535. The molecule has 2 aromatic carbocycles. The molecular formula is C21H19ClN4O3. The van der Waals surface area contributed by atoms with Gasteiger partial charge in [0.2, 0.25) is 0 Å². The summed E-state index contributed by atoms with van der Waals surface area (Å²) in [5.41, 5.74) is 3.71. The van der Waals surface area contributed by atoms with Crippen molar-refractivity contribution in [1.29, 1.82) is 0 Å². The molecule has 1 N–H and O–H groups in total. The number of hydrogen-bond acceptors (Lipinski definition) is 5. The number of rotatable bonds is 4. The number of aromatic amines is 1. The first kappa shape index (κ1) is 19.3. The number of nitro groups is 1. The fourth-order valence-electron chi connectivity index (χ4n) is 3.57. The number of fused-ring (bicyclic) bond motifs is 1. The Hall–Kier alpha value is -3.03. The molecular weight excluding hydrogens is 392 g/mol. The van der Waals surface area contributed by atoms with Gasteiger partial charge in [-0.1, -0.05) is 23.7 Å². The van der Waals surface area contributed by atoms with Crippen LogP contribution in [-0.4, -0.2) is 26.3 Å². The van der Waals surface area contributed by atoms with Gasteiger partial charge >= 0.3 is 0 Å². The molecule has 0 unspecified atom stereocenters. The molecule has 1 aliphatic rings. The summed E-state index contributed by atoms with van der Waals surface area (Å²) in [6.45, 7) is 3.45. The van der Waals surface area contributed by atoms with E-state index in [2.05, 4.69) is 14.9 Å². The van der Waals surface area contributed by atoms with E-state index in [0.717, 1.165) is 23.4 Å². The lowest BCUT2D eigenvalue weighted by molar-refractivity contribution is -0.385. The Morgan fingerprint density at radius 2 is 2.00 bits per heavy atom. The van der Waals surface area contributed by atoms with E-state index < -0.39 is 0 Å². The maximum atomic E-state index is 12.7. The molecule has 8 heteroatoms. The van der Waals surface area contributed by atoms with Crippen LogP contribution < -0.4 is 5.56 Å². The van der Waals surface area contributed by atoms with Gasteiger partial charge in [-0.15, -0.1) is 0 Å². The minimum absolute atomic E-state index is 0.118. The summed E-state index contributed by atoms with van der Waals surface area (Å²) in [5, 5.41) is 11.8. The van der Waals surface area contributed by atoms with E-state index in [4.69, 9.17) is 11.6 Å². The van der Waals surface area contributed by atoms with Crippen molar-refractivity contribution in [2.75, 3.05) is 6.54 Å². The van der Waals surface area contributed by atoms with Crippen molar-refractivity contribution in [3.63, 3.8) is 0 Å². The van der Waals surface area contributed by atoms with Crippen LogP contribution in [-0.2, 0) is 19.5 Å². The van der Waals surface area contributed by atoms with Crippen molar-refractivity contribution in [3.05, 3.63) is 90.3 Å². The summed E-state index contributed by atoms with van der Waals surface area (Å²) in [6.07, 6.45) is 0.647. The molecule has 148 valence electrons. The molecule has 0 saturated carbocycles. The Kier molecular flexibility index (Phi) is 5.17. The summed E-state index contributed by atoms with van der Waals surface area (Å²) in [4.78, 5) is 33.1. The van der Waals surface area contributed by atoms with Crippen molar-refractivity contribution in [3.8, 4) is 11.4 Å². The number of nitrogens with one attached hydrogen (secondary N) is 1. The number of benzene rings is 2. The molecule has 0 spiro atoms. The first-order chi connectivity index (χ1) is 13.9. The van der Waals surface area contributed by atoms with Gasteiger partial charge in [0.15, 0.2) is 0 Å². The molecule has 3 aromatic rings. The smallest absolute Gasteiger partial charge is 0.272 e. The maximum absolute atomic E-state index is 12.7. The van der Waals surface area contributed by atoms with Crippen LogP contribution in [0.15, 0.2) is 47.3 Å². The third kappa shape index (κ3) is 4.06. The Morgan fingerprint density at radius 3 is 2.72 bits per heavy atom. The first-order valence-electron chi connectivity index (χ1n) is 9.25. The Balaban J connectivity index is 1.56. The van der Waals surface area contributed by atoms with Crippen molar-refractivity contribution >= 4 is 17.3 Å². The van der Waals surface area contributed by atoms with Crippen LogP contribution in [0, 0.1) is 17.0 Å². The molecule has 1 aromatic heterocycles. The van der Waals surface area contributed by atoms with Crippen LogP contribution >= 0.6 is 11.6 Å². The van der Waals surface area contributed by atoms with Gasteiger partial charge < -0.3 is 4.98 Å². The number of aryl methyl sites for hydroxylation is 1. The van der Waals surface area contributed by atoms with Gasteiger partial charge in [0.05, 0.1) is 16.2 Å². The molecule has 29 heavy (non-hydrogen) atoms. The second kappa shape index (κ2) is 7.77. The lowest BCUT2D eigenvalue weighted by Gasteiger charge is -2.27. The molecule has 7 nitrogen and oxygen atoms in total. The van der Waals surface area contributed by atoms with E-state index in [0.29, 0.717) is 41.5 Å². The van der Waals surface area contributed by atoms with Crippen molar-refractivity contribution in [2.24, 2.45) is 0 Å². The van der Waals surface area contributed by atoms with Gasteiger partial charge in [-0.3, -0.25) is 19.8 Å². The lowest BCUT2D eigenvalue weighted by Crippen LogP contribution is -2.35. The van der Waals surface area contributed by atoms with Gasteiger partial charge in [0, 0.05) is 48.3 Å². The van der Waals surface area contributed by atoms with Gasteiger partial charge in [0.25, 0.3) is 11.2 Å². The van der Waals surface area contributed by atoms with Crippen LogP contribution in [0.25, 0.3) is 11.4 Å². The topological polar surface area (TPSA) is 92.1 Å². The zero-order valence-electron chi connectivity index (χ0n) is 15.8. The summed E-state index contributed by atoms with van der Waals surface area (Å²) in [7, 11) is 0. The average molecular weight is 411 g/mol. The van der Waals surface area contributed by atoms with Crippen molar-refractivity contribution in [2.45, 2.75) is 26.4 Å². The molecule has 4 rings (SSSR count). The zero-order valence-corrected chi connectivity index (χ0v) is 16.6. The Bertz CT molecular complexity index is 1140. The van der Waals surface area contributed by atoms with Crippen LogP contribution in [0.3, 0.4) is 0 Å². The number of nitro benzene ring substituents is 1. The van der Waals surface area contributed by atoms with Gasteiger partial charge in [-0.05, 0) is 36.8 Å². The fourth-order valence-corrected chi connectivity index (χ4v) is 3.69. The van der Waals surface area contributed by atoms with E-state index in [9.17, 15) is 14.9 Å². The predicted octanol–water partition coefficient (Wildman–Crippen LogP) is 3.87. The summed E-state index contributed by atoms with van der Waals surface area (Å²) >= 11 is 5.93. The molecule has 0 fully saturated rings. The molecule has 0 amide bonds. The number of aromatic nitrogens is 2. The largest absolute Gasteiger partial charge is 0.306 e. The summed E-state index contributed by atoms with van der Waals surface area (Å²) in [6, 6.07) is 12.4. The van der Waals surface area contributed by atoms with E-state index in [1.165, 1.54) is 0 Å². The van der Waals surface area contributed by atoms with E-state index >= 15 is 0 Å². The highest BCUT2D eigenvalue weighted by Gasteiger charge is 2.22. The number of H-pyrrole nitrogens is 1. The molecule has 0 radical (unpaired) electrons. The fraction of sp³-hybridized carbons (Fsp3) is 0.238. The van der Waals surface area contributed by atoms with Gasteiger partial charge in [0.1, 0.15) is 5.82 Å². The van der Waals surface area contributed by atoms with E-state index in [1.54, 1.807) is 31.2 Å². The highest BCUT2D eigenvalue weighted by molar-refractivity contribution is 6.30. The standard InChI is InChI=1S/C21H19ClN4O3/c1-13-2-3-14(10-19(13)26(28)29)11-25-9-8-18-17(12-25)21(27)24-20(23-18)15-4-6-16(22)7-5-15/h2-7,10H,8-9,11-12H2,1H3,(H,23,24,27). The van der Waals surface area contributed by atoms with Crippen LogP contribution in [0.5, 0.6) is 0 Å². The third-order valence-corrected chi connectivity index (χ3v) is 5.39. The molecule has 0 saturated heterocycles. The highest BCUT2D eigenvalue weighted by atomic mass is 35.5. The Morgan fingerprint density at radius 1 is 1.24 bits per heavy atom. The highest BCUT2D eigenvalue weighted by Crippen LogP contribution is 2.23. The van der Waals surface area contributed by atoms with E-state index in [1.807, 2.05) is 18.2 Å². The van der Waals surface area contributed by atoms with Gasteiger partial charge in [-0.2, -0.15) is 0 Å². The Labute approximate surface area is 172 Å². The number of halogens is 1. The van der Waals surface area contributed by atoms with Crippen LogP contribution in [0.4, 0.5) is 5.69 Å². The van der Waals surface area contributed by atoms with E-state index in [-0.39, 0.29) is 16.2 Å². The minimum Gasteiger partial charge on any atom is -0.306 e. The molecule has 0 aliphatic carbocycles. The molecule has 0 bridgehead atoms. The average Bonchev–Trinajstić information content (AvgIpc) is 2.70. The monoisotopic (exact) mass is 410 g/mol. The van der Waals surface area contributed by atoms with Crippen LogP contribution in [0.1, 0.15) is 22.4 Å². The van der Waals surface area contributed by atoms with Gasteiger partial charge in [-0.25, -0.2) is 4.98 Å². The third-order valence-electron chi connectivity index (χ3n) is 5.14. The first-order valence-corrected chi connectivity index (χ1v) is 9.63. The van der Waals surface area contributed by atoms with Crippen molar-refractivity contribution in [1.82, 2.24) is 14.9 Å². The SMILES string of the molecule is Cc1ccc(CN2CCc3nc(-c4ccc(Cl)cc4)[nH]c(=O)c3C2)cc1[N+](=O)[O-]. The normalized spacial score (nSPS) is 13.9. The lowest BCUT2D eigenvalue weighted by atomic mass is 10.0. The van der Waals surface area contributed by atoms with Crippen molar-refractivity contribution < 1.29 is 4.92 Å². The predicted molar refractivity (Wildman–Crippen MR) is 111 cm³/mol. The molecule has 1 aliphatic heterocycles.